The van der Waals surface area contributed by atoms with Gasteiger partial charge in [0.1, 0.15) is 5.78 Å². The predicted molar refractivity (Wildman–Crippen MR) is 35.1 cm³/mol. The lowest BCUT2D eigenvalue weighted by molar-refractivity contribution is -0.120. The standard InChI is InChI=1S/C8H12O/c9-8-5-4-6-2-1-3-7(6)8/h6-7H,1-5H2/t6-,7?/m1/s1. The summed E-state index contributed by atoms with van der Waals surface area (Å²) < 4.78 is 0. The van der Waals surface area contributed by atoms with E-state index in [1.807, 2.05) is 0 Å². The molecule has 0 aromatic carbocycles. The van der Waals surface area contributed by atoms with Crippen molar-refractivity contribution < 1.29 is 4.79 Å². The van der Waals surface area contributed by atoms with Crippen molar-refractivity contribution in [3.05, 3.63) is 0 Å². The van der Waals surface area contributed by atoms with E-state index in [9.17, 15) is 4.79 Å². The lowest BCUT2D eigenvalue weighted by atomic mass is 10.0. The predicted octanol–water partition coefficient (Wildman–Crippen LogP) is 1.77. The molecule has 0 spiro atoms. The van der Waals surface area contributed by atoms with Crippen LogP contribution in [0.1, 0.15) is 32.1 Å². The van der Waals surface area contributed by atoms with Gasteiger partial charge in [0.25, 0.3) is 0 Å². The molecule has 1 unspecified atom stereocenters. The average Bonchev–Trinajstić information content (AvgIpc) is 2.35. The Morgan fingerprint density at radius 3 is 2.89 bits per heavy atom. The largest absolute Gasteiger partial charge is 0.299 e. The SMILES string of the molecule is O=C1CC[C@H]2CCCC12. The van der Waals surface area contributed by atoms with E-state index in [0.29, 0.717) is 11.7 Å². The normalized spacial score (nSPS) is 41.6. The molecular formula is C8H12O. The summed E-state index contributed by atoms with van der Waals surface area (Å²) in [4.78, 5) is 11.1. The van der Waals surface area contributed by atoms with Crippen LogP contribution >= 0.6 is 0 Å². The highest BCUT2D eigenvalue weighted by atomic mass is 16.1. The molecule has 50 valence electrons. The zero-order chi connectivity index (χ0) is 6.27. The van der Waals surface area contributed by atoms with Crippen molar-refractivity contribution >= 4 is 5.78 Å². The van der Waals surface area contributed by atoms with E-state index >= 15 is 0 Å². The highest BCUT2D eigenvalue weighted by Crippen LogP contribution is 2.41. The number of carbonyl (C=O) groups is 1. The molecule has 0 aliphatic heterocycles. The molecule has 1 nitrogen and oxygen atoms in total. The molecule has 2 aliphatic rings. The number of ketones is 1. The van der Waals surface area contributed by atoms with Gasteiger partial charge in [-0.05, 0) is 25.2 Å². The second kappa shape index (κ2) is 1.83. The quantitative estimate of drug-likeness (QED) is 0.481. The van der Waals surface area contributed by atoms with Gasteiger partial charge in [0.05, 0.1) is 0 Å². The van der Waals surface area contributed by atoms with Gasteiger partial charge in [-0.15, -0.1) is 0 Å². The van der Waals surface area contributed by atoms with E-state index in [0.717, 1.165) is 12.3 Å². The summed E-state index contributed by atoms with van der Waals surface area (Å²) in [5, 5.41) is 0. The van der Waals surface area contributed by atoms with Crippen LogP contribution in [0.4, 0.5) is 0 Å². The molecule has 0 N–H and O–H groups in total. The Kier molecular flexibility index (Phi) is 1.11. The van der Waals surface area contributed by atoms with Gasteiger partial charge in [0.2, 0.25) is 0 Å². The summed E-state index contributed by atoms with van der Waals surface area (Å²) in [5.74, 6) is 1.86. The van der Waals surface area contributed by atoms with Gasteiger partial charge in [-0.3, -0.25) is 4.79 Å². The lowest BCUT2D eigenvalue weighted by Crippen LogP contribution is -2.06. The maximum Gasteiger partial charge on any atom is 0.136 e. The Labute approximate surface area is 55.4 Å². The van der Waals surface area contributed by atoms with E-state index in [-0.39, 0.29) is 0 Å². The highest BCUT2D eigenvalue weighted by molar-refractivity contribution is 5.83. The third-order valence-electron chi connectivity index (χ3n) is 2.83. The molecule has 0 radical (unpaired) electrons. The molecule has 9 heavy (non-hydrogen) atoms. The average molecular weight is 124 g/mol. The zero-order valence-electron chi connectivity index (χ0n) is 5.60. The second-order valence-electron chi connectivity index (χ2n) is 3.30. The van der Waals surface area contributed by atoms with Crippen LogP contribution in [0.15, 0.2) is 0 Å². The number of rotatable bonds is 0. The number of carbonyl (C=O) groups excluding carboxylic acids is 1. The fourth-order valence-corrected chi connectivity index (χ4v) is 2.32. The third kappa shape index (κ3) is 0.707. The Balaban J connectivity index is 2.15. The van der Waals surface area contributed by atoms with Crippen LogP contribution in [0.2, 0.25) is 0 Å². The van der Waals surface area contributed by atoms with E-state index in [1.54, 1.807) is 0 Å². The Hall–Kier alpha value is -0.330. The van der Waals surface area contributed by atoms with Crippen LogP contribution < -0.4 is 0 Å². The Bertz CT molecular complexity index is 140. The number of Topliss-reactive ketones (excluding diaryl/α,β-unsaturated/α-hetero) is 1. The molecule has 2 rings (SSSR count). The van der Waals surface area contributed by atoms with Crippen molar-refractivity contribution in [1.82, 2.24) is 0 Å². The van der Waals surface area contributed by atoms with Gasteiger partial charge in [0, 0.05) is 12.3 Å². The number of hydrogen-bond acceptors (Lipinski definition) is 1. The first kappa shape index (κ1) is 5.45. The molecule has 2 atom stereocenters. The number of hydrogen-bond donors (Lipinski definition) is 0. The first-order chi connectivity index (χ1) is 4.38. The molecular weight excluding hydrogens is 112 g/mol. The summed E-state index contributed by atoms with van der Waals surface area (Å²) in [5.41, 5.74) is 0. The van der Waals surface area contributed by atoms with Gasteiger partial charge in [-0.25, -0.2) is 0 Å². The van der Waals surface area contributed by atoms with Crippen LogP contribution in [-0.2, 0) is 4.79 Å². The Morgan fingerprint density at radius 2 is 2.11 bits per heavy atom. The van der Waals surface area contributed by atoms with Crippen LogP contribution in [0, 0.1) is 11.8 Å². The second-order valence-corrected chi connectivity index (χ2v) is 3.30. The van der Waals surface area contributed by atoms with Crippen LogP contribution in [0.5, 0.6) is 0 Å². The first-order valence-corrected chi connectivity index (χ1v) is 3.90. The van der Waals surface area contributed by atoms with Gasteiger partial charge in [0.15, 0.2) is 0 Å². The van der Waals surface area contributed by atoms with E-state index < -0.39 is 0 Å². The Morgan fingerprint density at radius 1 is 1.22 bits per heavy atom. The fraction of sp³-hybridized carbons (Fsp3) is 0.875. The molecule has 0 saturated heterocycles. The minimum absolute atomic E-state index is 0.505. The van der Waals surface area contributed by atoms with Crippen molar-refractivity contribution in [2.75, 3.05) is 0 Å². The van der Waals surface area contributed by atoms with Crippen LogP contribution in [0.3, 0.4) is 0 Å². The fourth-order valence-electron chi connectivity index (χ4n) is 2.32. The molecule has 0 bridgehead atoms. The summed E-state index contributed by atoms with van der Waals surface area (Å²) in [7, 11) is 0. The first-order valence-electron chi connectivity index (χ1n) is 3.90. The van der Waals surface area contributed by atoms with Gasteiger partial charge in [-0.2, -0.15) is 0 Å². The van der Waals surface area contributed by atoms with Gasteiger partial charge < -0.3 is 0 Å². The summed E-state index contributed by atoms with van der Waals surface area (Å²) in [6.07, 6.45) is 5.92. The smallest absolute Gasteiger partial charge is 0.136 e. The molecule has 2 saturated carbocycles. The topological polar surface area (TPSA) is 17.1 Å². The molecule has 0 aromatic rings. The lowest BCUT2D eigenvalue weighted by Gasteiger charge is -2.03. The highest BCUT2D eigenvalue weighted by Gasteiger charge is 2.37. The van der Waals surface area contributed by atoms with Crippen molar-refractivity contribution in [2.24, 2.45) is 11.8 Å². The summed E-state index contributed by atoms with van der Waals surface area (Å²) in [6.45, 7) is 0. The summed E-state index contributed by atoms with van der Waals surface area (Å²) >= 11 is 0. The van der Waals surface area contributed by atoms with Crippen molar-refractivity contribution in [3.8, 4) is 0 Å². The maximum absolute atomic E-state index is 11.1. The van der Waals surface area contributed by atoms with Crippen molar-refractivity contribution in [2.45, 2.75) is 32.1 Å². The van der Waals surface area contributed by atoms with E-state index in [1.165, 1.54) is 25.7 Å². The molecule has 0 heterocycles. The van der Waals surface area contributed by atoms with E-state index in [4.69, 9.17) is 0 Å². The van der Waals surface area contributed by atoms with Crippen LogP contribution in [-0.4, -0.2) is 5.78 Å². The molecule has 2 aliphatic carbocycles. The van der Waals surface area contributed by atoms with E-state index in [2.05, 4.69) is 0 Å². The van der Waals surface area contributed by atoms with Crippen molar-refractivity contribution in [3.63, 3.8) is 0 Å². The number of fused-ring (bicyclic) bond motifs is 1. The molecule has 0 amide bonds. The molecule has 0 aromatic heterocycles. The molecule has 2 fully saturated rings. The minimum Gasteiger partial charge on any atom is -0.299 e. The van der Waals surface area contributed by atoms with Gasteiger partial charge >= 0.3 is 0 Å². The molecule has 1 heteroatoms. The monoisotopic (exact) mass is 124 g/mol. The third-order valence-corrected chi connectivity index (χ3v) is 2.83. The zero-order valence-corrected chi connectivity index (χ0v) is 5.60. The maximum atomic E-state index is 11.1. The summed E-state index contributed by atoms with van der Waals surface area (Å²) in [6, 6.07) is 0. The minimum atomic E-state index is 0.505. The van der Waals surface area contributed by atoms with Crippen LogP contribution in [0.25, 0.3) is 0 Å². The van der Waals surface area contributed by atoms with Crippen molar-refractivity contribution in [1.29, 1.82) is 0 Å². The van der Waals surface area contributed by atoms with Gasteiger partial charge in [-0.1, -0.05) is 6.42 Å².